The van der Waals surface area contributed by atoms with Crippen molar-refractivity contribution in [3.63, 3.8) is 0 Å². The zero-order chi connectivity index (χ0) is 29.6. The SMILES string of the molecule is CC(C)(C)OC(=O)NCc1cccc(C2CCN(C(=O)C3Cc4c(cccc4B4OC(C)(C)C(C)(C)O4)S3)CC2)c1. The smallest absolute Gasteiger partial charge is 0.444 e. The molecule has 41 heavy (non-hydrogen) atoms. The van der Waals surface area contributed by atoms with Crippen molar-refractivity contribution >= 4 is 36.3 Å². The van der Waals surface area contributed by atoms with Crippen molar-refractivity contribution in [3.8, 4) is 0 Å². The first-order valence-corrected chi connectivity index (χ1v) is 15.6. The summed E-state index contributed by atoms with van der Waals surface area (Å²) < 4.78 is 18.0. The van der Waals surface area contributed by atoms with E-state index < -0.39 is 30.0 Å². The van der Waals surface area contributed by atoms with Crippen LogP contribution in [0.4, 0.5) is 4.79 Å². The van der Waals surface area contributed by atoms with E-state index in [4.69, 9.17) is 14.0 Å². The summed E-state index contributed by atoms with van der Waals surface area (Å²) in [4.78, 5) is 28.9. The first kappa shape index (κ1) is 30.0. The van der Waals surface area contributed by atoms with E-state index in [-0.39, 0.29) is 11.2 Å². The number of nitrogens with one attached hydrogen (secondary N) is 1. The number of amides is 2. The molecule has 0 saturated carbocycles. The predicted molar refractivity (Wildman–Crippen MR) is 164 cm³/mol. The highest BCUT2D eigenvalue weighted by Gasteiger charge is 2.52. The average molecular weight is 579 g/mol. The van der Waals surface area contributed by atoms with Crippen molar-refractivity contribution < 1.29 is 23.6 Å². The lowest BCUT2D eigenvalue weighted by molar-refractivity contribution is -0.131. The number of alkyl carbamates (subject to hydrolysis) is 1. The van der Waals surface area contributed by atoms with Crippen LogP contribution in [0.5, 0.6) is 0 Å². The first-order valence-electron chi connectivity index (χ1n) is 14.7. The average Bonchev–Trinajstić information content (AvgIpc) is 3.43. The highest BCUT2D eigenvalue weighted by Crippen LogP contribution is 2.41. The van der Waals surface area contributed by atoms with Gasteiger partial charge >= 0.3 is 13.2 Å². The minimum Gasteiger partial charge on any atom is -0.444 e. The normalized spacial score (nSPS) is 22.0. The van der Waals surface area contributed by atoms with Gasteiger partial charge in [-0.15, -0.1) is 11.8 Å². The van der Waals surface area contributed by atoms with Crippen LogP contribution >= 0.6 is 11.8 Å². The second-order valence-corrected chi connectivity index (χ2v) is 14.7. The molecule has 0 bridgehead atoms. The molecule has 5 rings (SSSR count). The number of hydrogen-bond donors (Lipinski definition) is 1. The molecule has 2 fully saturated rings. The van der Waals surface area contributed by atoms with E-state index in [2.05, 4.69) is 57.3 Å². The molecule has 0 aliphatic carbocycles. The summed E-state index contributed by atoms with van der Waals surface area (Å²) in [6.07, 6.45) is 2.15. The van der Waals surface area contributed by atoms with Crippen LogP contribution in [-0.2, 0) is 31.8 Å². The number of carbonyl (C=O) groups excluding carboxylic acids is 2. The lowest BCUT2D eigenvalue weighted by Crippen LogP contribution is -2.43. The van der Waals surface area contributed by atoms with E-state index in [1.807, 2.05) is 43.9 Å². The first-order chi connectivity index (χ1) is 19.2. The van der Waals surface area contributed by atoms with Crippen molar-refractivity contribution in [2.75, 3.05) is 13.1 Å². The number of thioether (sulfide) groups is 1. The Hall–Kier alpha value is -2.49. The fourth-order valence-corrected chi connectivity index (χ4v) is 7.01. The van der Waals surface area contributed by atoms with E-state index >= 15 is 0 Å². The maximum absolute atomic E-state index is 13.6. The van der Waals surface area contributed by atoms with Gasteiger partial charge in [-0.05, 0) is 102 Å². The van der Waals surface area contributed by atoms with Crippen molar-refractivity contribution in [1.29, 1.82) is 0 Å². The van der Waals surface area contributed by atoms with Crippen molar-refractivity contribution in [3.05, 3.63) is 59.2 Å². The van der Waals surface area contributed by atoms with Gasteiger partial charge in [-0.2, -0.15) is 0 Å². The topological polar surface area (TPSA) is 77.1 Å². The number of benzene rings is 2. The second-order valence-electron chi connectivity index (χ2n) is 13.4. The monoisotopic (exact) mass is 578 g/mol. The molecule has 0 aromatic heterocycles. The Bertz CT molecular complexity index is 1280. The fourth-order valence-electron chi connectivity index (χ4n) is 5.70. The third-order valence-corrected chi connectivity index (χ3v) is 9.96. The van der Waals surface area contributed by atoms with Crippen LogP contribution in [0.25, 0.3) is 0 Å². The van der Waals surface area contributed by atoms with Crippen LogP contribution in [0.15, 0.2) is 47.4 Å². The number of piperidine rings is 1. The highest BCUT2D eigenvalue weighted by atomic mass is 32.2. The summed E-state index contributed by atoms with van der Waals surface area (Å²) in [7, 11) is -0.421. The second kappa shape index (κ2) is 11.3. The molecule has 0 spiro atoms. The van der Waals surface area contributed by atoms with Crippen LogP contribution in [0.2, 0.25) is 0 Å². The molecule has 220 valence electrons. The van der Waals surface area contributed by atoms with E-state index in [0.717, 1.165) is 41.9 Å². The van der Waals surface area contributed by atoms with E-state index in [1.54, 1.807) is 11.8 Å². The Morgan fingerprint density at radius 2 is 1.71 bits per heavy atom. The van der Waals surface area contributed by atoms with Crippen LogP contribution in [0, 0.1) is 0 Å². The molecule has 1 atom stereocenters. The molecule has 2 amide bonds. The maximum Gasteiger partial charge on any atom is 0.495 e. The summed E-state index contributed by atoms with van der Waals surface area (Å²) in [6.45, 7) is 15.8. The van der Waals surface area contributed by atoms with Gasteiger partial charge in [-0.25, -0.2) is 4.79 Å². The van der Waals surface area contributed by atoms with Crippen molar-refractivity contribution in [2.45, 2.75) is 107 Å². The number of rotatable bonds is 5. The Kier molecular flexibility index (Phi) is 8.27. The van der Waals surface area contributed by atoms with Gasteiger partial charge in [0.2, 0.25) is 5.91 Å². The molecule has 2 saturated heterocycles. The molecule has 3 aliphatic heterocycles. The van der Waals surface area contributed by atoms with Gasteiger partial charge in [0.25, 0.3) is 0 Å². The molecule has 1 N–H and O–H groups in total. The standard InChI is InChI=1S/C32H43BN2O5S/c1-30(2,3)38-29(37)34-20-21-10-8-11-23(18-21)22-14-16-35(17-15-22)28(36)27-19-24-25(12-9-13-26(24)41-27)33-39-31(4,5)32(6,7)40-33/h8-13,18,22,27H,14-17,19-20H2,1-7H3,(H,34,37). The zero-order valence-electron chi connectivity index (χ0n) is 25.4. The Balaban J connectivity index is 1.16. The molecular weight excluding hydrogens is 535 g/mol. The molecule has 3 heterocycles. The summed E-state index contributed by atoms with van der Waals surface area (Å²) in [5.41, 5.74) is 3.21. The largest absolute Gasteiger partial charge is 0.495 e. The molecule has 1 unspecified atom stereocenters. The quantitative estimate of drug-likeness (QED) is 0.477. The molecule has 2 aromatic carbocycles. The van der Waals surface area contributed by atoms with Gasteiger partial charge in [0, 0.05) is 24.5 Å². The van der Waals surface area contributed by atoms with E-state index in [0.29, 0.717) is 18.9 Å². The highest BCUT2D eigenvalue weighted by molar-refractivity contribution is 8.01. The number of ether oxygens (including phenoxy) is 1. The molecule has 0 radical (unpaired) electrons. The lowest BCUT2D eigenvalue weighted by atomic mass is 9.75. The predicted octanol–water partition coefficient (Wildman–Crippen LogP) is 5.43. The number of hydrogen-bond acceptors (Lipinski definition) is 6. The molecular formula is C32H43BN2O5S. The number of nitrogens with zero attached hydrogens (tertiary/aromatic N) is 1. The fraction of sp³-hybridized carbons (Fsp3) is 0.562. The summed E-state index contributed by atoms with van der Waals surface area (Å²) >= 11 is 1.67. The minimum absolute atomic E-state index is 0.118. The molecule has 9 heteroatoms. The summed E-state index contributed by atoms with van der Waals surface area (Å²) in [5, 5.41) is 2.73. The van der Waals surface area contributed by atoms with Crippen LogP contribution in [0.1, 0.15) is 83.9 Å². The zero-order valence-corrected chi connectivity index (χ0v) is 26.2. The van der Waals surface area contributed by atoms with Gasteiger partial charge in [-0.1, -0.05) is 36.4 Å². The number of carbonyl (C=O) groups is 2. The van der Waals surface area contributed by atoms with Crippen molar-refractivity contribution in [1.82, 2.24) is 10.2 Å². The maximum atomic E-state index is 13.6. The molecule has 7 nitrogen and oxygen atoms in total. The van der Waals surface area contributed by atoms with Gasteiger partial charge < -0.3 is 24.3 Å². The Morgan fingerprint density at radius 1 is 1.05 bits per heavy atom. The van der Waals surface area contributed by atoms with Crippen LogP contribution in [-0.4, -0.2) is 59.2 Å². The lowest BCUT2D eigenvalue weighted by Gasteiger charge is -2.33. The van der Waals surface area contributed by atoms with Crippen molar-refractivity contribution in [2.24, 2.45) is 0 Å². The van der Waals surface area contributed by atoms with Gasteiger partial charge in [0.05, 0.1) is 16.5 Å². The third-order valence-electron chi connectivity index (χ3n) is 8.68. The minimum atomic E-state index is -0.521. The molecule has 2 aromatic rings. The third kappa shape index (κ3) is 6.62. The summed E-state index contributed by atoms with van der Waals surface area (Å²) in [5.74, 6) is 0.615. The number of likely N-dealkylation sites (tertiary alicyclic amines) is 1. The van der Waals surface area contributed by atoms with Crippen LogP contribution in [0.3, 0.4) is 0 Å². The Morgan fingerprint density at radius 3 is 2.37 bits per heavy atom. The van der Waals surface area contributed by atoms with E-state index in [1.165, 1.54) is 11.1 Å². The van der Waals surface area contributed by atoms with Crippen LogP contribution < -0.4 is 10.8 Å². The van der Waals surface area contributed by atoms with E-state index in [9.17, 15) is 9.59 Å². The van der Waals surface area contributed by atoms with Gasteiger partial charge in [-0.3, -0.25) is 4.79 Å². The Labute approximate surface area is 249 Å². The molecule has 3 aliphatic rings. The summed E-state index contributed by atoms with van der Waals surface area (Å²) in [6, 6.07) is 14.6. The van der Waals surface area contributed by atoms with Gasteiger partial charge in [0.1, 0.15) is 5.60 Å². The number of fused-ring (bicyclic) bond motifs is 1. The van der Waals surface area contributed by atoms with Gasteiger partial charge in [0.15, 0.2) is 0 Å².